The third-order valence-corrected chi connectivity index (χ3v) is 6.37. The Morgan fingerprint density at radius 2 is 1.91 bits per heavy atom. The van der Waals surface area contributed by atoms with E-state index in [0.29, 0.717) is 13.1 Å². The molecule has 0 amide bonds. The molecule has 3 heterocycles. The summed E-state index contributed by atoms with van der Waals surface area (Å²) in [5, 5.41) is 4.20. The summed E-state index contributed by atoms with van der Waals surface area (Å²) < 4.78 is 27.8. The van der Waals surface area contributed by atoms with Crippen molar-refractivity contribution in [2.24, 2.45) is 0 Å². The summed E-state index contributed by atoms with van der Waals surface area (Å²) in [6.07, 6.45) is 1.94. The van der Waals surface area contributed by atoms with Crippen LogP contribution in [0, 0.1) is 0 Å². The van der Waals surface area contributed by atoms with Gasteiger partial charge in [-0.1, -0.05) is 6.07 Å². The lowest BCUT2D eigenvalue weighted by Gasteiger charge is -2.34. The third-order valence-electron chi connectivity index (χ3n) is 4.09. The van der Waals surface area contributed by atoms with Gasteiger partial charge in [0.05, 0.1) is 16.5 Å². The van der Waals surface area contributed by atoms with E-state index >= 15 is 0 Å². The highest BCUT2D eigenvalue weighted by atomic mass is 32.2. The fourth-order valence-corrected chi connectivity index (χ4v) is 4.01. The van der Waals surface area contributed by atoms with Gasteiger partial charge in [-0.25, -0.2) is 12.9 Å². The SMILES string of the molecule is CC(C)S(=O)(=O)N1CCN(Cc2cc3ccccn3n2)CC1. The summed E-state index contributed by atoms with van der Waals surface area (Å²) in [6, 6.07) is 8.07. The number of hydrogen-bond donors (Lipinski definition) is 0. The second kappa shape index (κ2) is 5.98. The van der Waals surface area contributed by atoms with E-state index in [1.807, 2.05) is 28.9 Å². The lowest BCUT2D eigenvalue weighted by atomic mass is 10.3. The second-order valence-electron chi connectivity index (χ2n) is 5.97. The van der Waals surface area contributed by atoms with Gasteiger partial charge in [0.15, 0.2) is 0 Å². The van der Waals surface area contributed by atoms with Crippen LogP contribution < -0.4 is 0 Å². The van der Waals surface area contributed by atoms with Crippen molar-refractivity contribution in [1.29, 1.82) is 0 Å². The molecule has 6 nitrogen and oxygen atoms in total. The van der Waals surface area contributed by atoms with Gasteiger partial charge in [-0.15, -0.1) is 0 Å². The van der Waals surface area contributed by atoms with E-state index in [1.165, 1.54) is 0 Å². The Hall–Kier alpha value is -1.44. The van der Waals surface area contributed by atoms with Crippen LogP contribution in [-0.4, -0.2) is 58.7 Å². The van der Waals surface area contributed by atoms with Crippen molar-refractivity contribution < 1.29 is 8.42 Å². The van der Waals surface area contributed by atoms with E-state index < -0.39 is 10.0 Å². The Labute approximate surface area is 131 Å². The predicted octanol–water partition coefficient (Wildman–Crippen LogP) is 1.19. The number of aromatic nitrogens is 2. The summed E-state index contributed by atoms with van der Waals surface area (Å²) in [5.74, 6) is 0. The zero-order chi connectivity index (χ0) is 15.7. The predicted molar refractivity (Wildman–Crippen MR) is 86.1 cm³/mol. The van der Waals surface area contributed by atoms with Crippen LogP contribution in [0.3, 0.4) is 0 Å². The molecule has 0 saturated carbocycles. The molecule has 0 aliphatic carbocycles. The highest BCUT2D eigenvalue weighted by molar-refractivity contribution is 7.89. The smallest absolute Gasteiger partial charge is 0.216 e. The maximum atomic E-state index is 12.2. The first-order valence-electron chi connectivity index (χ1n) is 7.61. The highest BCUT2D eigenvalue weighted by Crippen LogP contribution is 2.14. The normalized spacial score (nSPS) is 18.3. The van der Waals surface area contributed by atoms with E-state index in [4.69, 9.17) is 0 Å². The summed E-state index contributed by atoms with van der Waals surface area (Å²) in [4.78, 5) is 2.26. The molecule has 0 aromatic carbocycles. The Balaban J connectivity index is 1.62. The molecule has 3 rings (SSSR count). The van der Waals surface area contributed by atoms with Crippen LogP contribution in [0.1, 0.15) is 19.5 Å². The molecule has 0 spiro atoms. The van der Waals surface area contributed by atoms with Crippen LogP contribution in [-0.2, 0) is 16.6 Å². The van der Waals surface area contributed by atoms with Gasteiger partial charge in [0, 0.05) is 38.9 Å². The summed E-state index contributed by atoms with van der Waals surface area (Å²) in [5.41, 5.74) is 2.10. The zero-order valence-electron chi connectivity index (χ0n) is 13.0. The van der Waals surface area contributed by atoms with Gasteiger partial charge in [0.1, 0.15) is 0 Å². The van der Waals surface area contributed by atoms with Crippen molar-refractivity contribution in [2.45, 2.75) is 25.6 Å². The van der Waals surface area contributed by atoms with Gasteiger partial charge in [0.2, 0.25) is 10.0 Å². The lowest BCUT2D eigenvalue weighted by Crippen LogP contribution is -2.50. The largest absolute Gasteiger partial charge is 0.295 e. The maximum Gasteiger partial charge on any atom is 0.216 e. The van der Waals surface area contributed by atoms with Gasteiger partial charge in [-0.3, -0.25) is 4.90 Å². The minimum atomic E-state index is -3.13. The van der Waals surface area contributed by atoms with Crippen molar-refractivity contribution in [1.82, 2.24) is 18.8 Å². The average molecular weight is 322 g/mol. The molecule has 7 heteroatoms. The molecular weight excluding hydrogens is 300 g/mol. The number of sulfonamides is 1. The number of fused-ring (bicyclic) bond motifs is 1. The minimum absolute atomic E-state index is 0.350. The molecule has 22 heavy (non-hydrogen) atoms. The number of hydrogen-bond acceptors (Lipinski definition) is 4. The molecule has 2 aromatic heterocycles. The second-order valence-corrected chi connectivity index (χ2v) is 8.46. The molecule has 2 aromatic rings. The summed E-state index contributed by atoms with van der Waals surface area (Å²) in [7, 11) is -3.13. The monoisotopic (exact) mass is 322 g/mol. The highest BCUT2D eigenvalue weighted by Gasteiger charge is 2.29. The van der Waals surface area contributed by atoms with Gasteiger partial charge < -0.3 is 0 Å². The fourth-order valence-electron chi connectivity index (χ4n) is 2.74. The van der Waals surface area contributed by atoms with E-state index in [-0.39, 0.29) is 5.25 Å². The van der Waals surface area contributed by atoms with E-state index in [2.05, 4.69) is 16.1 Å². The van der Waals surface area contributed by atoms with Gasteiger partial charge in [0.25, 0.3) is 0 Å². The molecule has 1 aliphatic heterocycles. The van der Waals surface area contributed by atoms with Crippen molar-refractivity contribution in [3.8, 4) is 0 Å². The van der Waals surface area contributed by atoms with Gasteiger partial charge >= 0.3 is 0 Å². The van der Waals surface area contributed by atoms with Gasteiger partial charge in [-0.2, -0.15) is 9.40 Å². The summed E-state index contributed by atoms with van der Waals surface area (Å²) >= 11 is 0. The van der Waals surface area contributed by atoms with Crippen LogP contribution in [0.2, 0.25) is 0 Å². The maximum absolute atomic E-state index is 12.2. The molecule has 1 aliphatic rings. The van der Waals surface area contributed by atoms with Crippen molar-refractivity contribution in [2.75, 3.05) is 26.2 Å². The first-order chi connectivity index (χ1) is 10.5. The molecule has 120 valence electrons. The first-order valence-corrected chi connectivity index (χ1v) is 9.12. The van der Waals surface area contributed by atoms with Crippen LogP contribution >= 0.6 is 0 Å². The first kappa shape index (κ1) is 15.5. The summed E-state index contributed by atoms with van der Waals surface area (Å²) in [6.45, 7) is 6.86. The van der Waals surface area contributed by atoms with E-state index in [9.17, 15) is 8.42 Å². The number of rotatable bonds is 4. The third kappa shape index (κ3) is 3.02. The minimum Gasteiger partial charge on any atom is -0.295 e. The standard InChI is InChI=1S/C15H22N4O2S/c1-13(2)22(20,21)18-9-7-17(8-10-18)12-14-11-15-5-3-4-6-19(15)16-14/h3-6,11,13H,7-10,12H2,1-2H3. The lowest BCUT2D eigenvalue weighted by molar-refractivity contribution is 0.179. The molecule has 0 radical (unpaired) electrons. The number of nitrogens with zero attached hydrogens (tertiary/aromatic N) is 4. The Kier molecular flexibility index (Phi) is 4.20. The van der Waals surface area contributed by atoms with E-state index in [1.54, 1.807) is 18.2 Å². The van der Waals surface area contributed by atoms with Crippen molar-refractivity contribution in [3.63, 3.8) is 0 Å². The van der Waals surface area contributed by atoms with Gasteiger partial charge in [-0.05, 0) is 32.0 Å². The molecule has 0 bridgehead atoms. The zero-order valence-corrected chi connectivity index (χ0v) is 13.8. The van der Waals surface area contributed by atoms with Crippen LogP contribution in [0.15, 0.2) is 30.5 Å². The molecule has 1 saturated heterocycles. The Morgan fingerprint density at radius 1 is 1.18 bits per heavy atom. The van der Waals surface area contributed by atoms with Crippen molar-refractivity contribution >= 4 is 15.5 Å². The molecular formula is C15H22N4O2S. The van der Waals surface area contributed by atoms with Crippen LogP contribution in [0.5, 0.6) is 0 Å². The molecule has 1 fully saturated rings. The molecule has 0 N–H and O–H groups in total. The van der Waals surface area contributed by atoms with E-state index in [0.717, 1.165) is 30.8 Å². The Bertz CT molecular complexity index is 713. The quantitative estimate of drug-likeness (QED) is 0.848. The van der Waals surface area contributed by atoms with Crippen molar-refractivity contribution in [3.05, 3.63) is 36.2 Å². The topological polar surface area (TPSA) is 57.9 Å². The molecule has 0 unspecified atom stereocenters. The fraction of sp³-hybridized carbons (Fsp3) is 0.533. The number of pyridine rings is 1. The average Bonchev–Trinajstić information content (AvgIpc) is 2.89. The molecule has 0 atom stereocenters. The van der Waals surface area contributed by atoms with Crippen LogP contribution in [0.25, 0.3) is 5.52 Å². The van der Waals surface area contributed by atoms with Crippen LogP contribution in [0.4, 0.5) is 0 Å². The Morgan fingerprint density at radius 3 is 2.55 bits per heavy atom. The number of piperazine rings is 1.